The van der Waals surface area contributed by atoms with E-state index in [4.69, 9.17) is 9.47 Å². The predicted molar refractivity (Wildman–Crippen MR) is 259 cm³/mol. The van der Waals surface area contributed by atoms with Gasteiger partial charge in [-0.1, -0.05) is 173 Å². The van der Waals surface area contributed by atoms with Gasteiger partial charge in [0, 0.05) is 33.1 Å². The predicted octanol–water partition coefficient (Wildman–Crippen LogP) is 16.8. The summed E-state index contributed by atoms with van der Waals surface area (Å²) in [4.78, 5) is 0. The van der Waals surface area contributed by atoms with Crippen LogP contribution in [0.2, 0.25) is 0 Å². The Labute approximate surface area is 361 Å². The van der Waals surface area contributed by atoms with E-state index in [0.717, 1.165) is 23.0 Å². The van der Waals surface area contributed by atoms with Crippen molar-refractivity contribution in [1.82, 2.24) is 0 Å². The van der Waals surface area contributed by atoms with E-state index in [2.05, 4.69) is 210 Å². The number of hydrogen-bond donors (Lipinski definition) is 0. The van der Waals surface area contributed by atoms with Crippen molar-refractivity contribution < 1.29 is 9.47 Å². The second-order valence-electron chi connectivity index (χ2n) is 18.3. The van der Waals surface area contributed by atoms with Crippen LogP contribution >= 0.6 is 0 Å². The molecule has 0 unspecified atom stereocenters. The summed E-state index contributed by atoms with van der Waals surface area (Å²) in [5, 5.41) is 12.6. The zero-order valence-electron chi connectivity index (χ0n) is 35.1. The lowest BCUT2D eigenvalue weighted by Crippen LogP contribution is -2.25. The first kappa shape index (κ1) is 35.3. The third kappa shape index (κ3) is 4.75. The Balaban J connectivity index is 1.17. The molecule has 0 atom stereocenters. The van der Waals surface area contributed by atoms with Gasteiger partial charge in [-0.3, -0.25) is 0 Å². The zero-order valence-corrected chi connectivity index (χ0v) is 35.1. The Bertz CT molecular complexity index is 3530. The number of ether oxygens (including phenoxy) is 2. The lowest BCUT2D eigenvalue weighted by Gasteiger charge is -2.36. The Kier molecular flexibility index (Phi) is 7.16. The van der Waals surface area contributed by atoms with Gasteiger partial charge in [0.25, 0.3) is 0 Å². The van der Waals surface area contributed by atoms with Gasteiger partial charge < -0.3 is 9.47 Å². The first-order valence-electron chi connectivity index (χ1n) is 21.8. The van der Waals surface area contributed by atoms with E-state index < -0.39 is 0 Å². The van der Waals surface area contributed by atoms with Gasteiger partial charge in [-0.2, -0.15) is 0 Å². The average Bonchev–Trinajstić information content (AvgIpc) is 3.29. The van der Waals surface area contributed by atoms with Gasteiger partial charge in [-0.15, -0.1) is 0 Å². The fraction of sp³-hybridized carbons (Fsp3) is 0.100. The van der Waals surface area contributed by atoms with Gasteiger partial charge >= 0.3 is 0 Å². The zero-order chi connectivity index (χ0) is 41.5. The van der Waals surface area contributed by atoms with Crippen molar-refractivity contribution in [3.8, 4) is 56.4 Å². The maximum absolute atomic E-state index is 6.72. The molecular formula is C60H42O2. The third-order valence-corrected chi connectivity index (χ3v) is 14.3. The van der Waals surface area contributed by atoms with Crippen molar-refractivity contribution in [1.29, 1.82) is 0 Å². The molecule has 11 aromatic carbocycles. The summed E-state index contributed by atoms with van der Waals surface area (Å²) in [5.41, 5.74) is 11.5. The molecular weight excluding hydrogens is 753 g/mol. The van der Waals surface area contributed by atoms with E-state index in [1.807, 2.05) is 0 Å². The van der Waals surface area contributed by atoms with Crippen molar-refractivity contribution in [3.63, 3.8) is 0 Å². The standard InChI is InChI=1S/C60H42O2/c1-59(2)48-25-5-7-27-50(48)61-52-29-13-23-43(57(52)59)38-18-11-21-40-45(38)34-46-39(44-24-14-30-53-58(44)60(3,4)49-26-6-8-28-51(49)62-53)19-12-22-41(46)56(40)47-33-37-17-9-15-35-31-32-36-16-10-20-42(47)55(36)54(35)37/h5-34H,1-4H3. The molecule has 62 heavy (non-hydrogen) atoms. The molecule has 294 valence electrons. The summed E-state index contributed by atoms with van der Waals surface area (Å²) in [6, 6.07) is 67.0. The monoisotopic (exact) mass is 794 g/mol. The highest BCUT2D eigenvalue weighted by Gasteiger charge is 2.38. The van der Waals surface area contributed by atoms with Gasteiger partial charge in [-0.25, -0.2) is 0 Å². The molecule has 0 aliphatic carbocycles. The van der Waals surface area contributed by atoms with Crippen LogP contribution in [0.4, 0.5) is 0 Å². The number of hydrogen-bond acceptors (Lipinski definition) is 2. The van der Waals surface area contributed by atoms with Crippen molar-refractivity contribution in [2.75, 3.05) is 0 Å². The fourth-order valence-electron chi connectivity index (χ4n) is 11.5. The average molecular weight is 795 g/mol. The lowest BCUT2D eigenvalue weighted by atomic mass is 9.72. The van der Waals surface area contributed by atoms with E-state index in [1.54, 1.807) is 0 Å². The Morgan fingerprint density at radius 1 is 0.306 bits per heavy atom. The molecule has 0 saturated carbocycles. The molecule has 2 nitrogen and oxygen atoms in total. The molecule has 0 bridgehead atoms. The van der Waals surface area contributed by atoms with Crippen LogP contribution in [0, 0.1) is 0 Å². The maximum Gasteiger partial charge on any atom is 0.132 e. The molecule has 0 N–H and O–H groups in total. The minimum Gasteiger partial charge on any atom is -0.457 e. The molecule has 2 aliphatic heterocycles. The molecule has 0 radical (unpaired) electrons. The smallest absolute Gasteiger partial charge is 0.132 e. The molecule has 2 aliphatic rings. The van der Waals surface area contributed by atoms with Crippen molar-refractivity contribution in [3.05, 3.63) is 204 Å². The quantitative estimate of drug-likeness (QED) is 0.131. The van der Waals surface area contributed by atoms with E-state index >= 15 is 0 Å². The van der Waals surface area contributed by atoms with E-state index in [1.165, 1.54) is 109 Å². The molecule has 0 aromatic heterocycles. The molecule has 13 rings (SSSR count). The number of para-hydroxylation sites is 2. The molecule has 2 heteroatoms. The van der Waals surface area contributed by atoms with Crippen LogP contribution in [0.15, 0.2) is 182 Å². The van der Waals surface area contributed by atoms with Crippen LogP contribution in [0.25, 0.3) is 87.2 Å². The van der Waals surface area contributed by atoms with Gasteiger partial charge in [0.05, 0.1) is 0 Å². The first-order valence-corrected chi connectivity index (χ1v) is 21.8. The Morgan fingerprint density at radius 2 is 0.742 bits per heavy atom. The van der Waals surface area contributed by atoms with Gasteiger partial charge in [-0.05, 0) is 124 Å². The SMILES string of the molecule is CC1(C)c2ccccc2Oc2cccc(-c3cccc4c(-c5cc6cccc7ccc8cccc5c8c76)c5cccc(-c6cccc7c6C(C)(C)c6ccccc6O7)c5cc34)c21. The second kappa shape index (κ2) is 12.6. The molecule has 0 saturated heterocycles. The second-order valence-corrected chi connectivity index (χ2v) is 18.3. The minimum atomic E-state index is -0.303. The third-order valence-electron chi connectivity index (χ3n) is 14.3. The minimum absolute atomic E-state index is 0.303. The van der Waals surface area contributed by atoms with E-state index in [-0.39, 0.29) is 10.8 Å². The van der Waals surface area contributed by atoms with Crippen LogP contribution in [-0.2, 0) is 10.8 Å². The highest BCUT2D eigenvalue weighted by atomic mass is 16.5. The Morgan fingerprint density at radius 3 is 1.32 bits per heavy atom. The summed E-state index contributed by atoms with van der Waals surface area (Å²) >= 11 is 0. The summed E-state index contributed by atoms with van der Waals surface area (Å²) in [5.74, 6) is 3.67. The normalized spacial score (nSPS) is 14.6. The molecule has 0 amide bonds. The number of rotatable bonds is 3. The summed E-state index contributed by atoms with van der Waals surface area (Å²) in [6.07, 6.45) is 0. The van der Waals surface area contributed by atoms with Crippen molar-refractivity contribution >= 4 is 53.9 Å². The van der Waals surface area contributed by atoms with E-state index in [0.29, 0.717) is 0 Å². The highest BCUT2D eigenvalue weighted by molar-refractivity contribution is 6.30. The van der Waals surface area contributed by atoms with Gasteiger partial charge in [0.15, 0.2) is 0 Å². The van der Waals surface area contributed by atoms with Crippen LogP contribution in [0.5, 0.6) is 23.0 Å². The van der Waals surface area contributed by atoms with Gasteiger partial charge in [0.2, 0.25) is 0 Å². The van der Waals surface area contributed by atoms with E-state index in [9.17, 15) is 0 Å². The molecule has 2 heterocycles. The molecule has 0 fully saturated rings. The number of benzene rings is 11. The van der Waals surface area contributed by atoms with Crippen molar-refractivity contribution in [2.45, 2.75) is 38.5 Å². The summed E-state index contributed by atoms with van der Waals surface area (Å²) in [6.45, 7) is 9.36. The maximum atomic E-state index is 6.72. The number of fused-ring (bicyclic) bond motifs is 6. The fourth-order valence-corrected chi connectivity index (χ4v) is 11.5. The molecule has 0 spiro atoms. The lowest BCUT2D eigenvalue weighted by molar-refractivity contribution is 0.418. The topological polar surface area (TPSA) is 18.5 Å². The van der Waals surface area contributed by atoms with Crippen LogP contribution in [-0.4, -0.2) is 0 Å². The van der Waals surface area contributed by atoms with Crippen LogP contribution < -0.4 is 9.47 Å². The summed E-state index contributed by atoms with van der Waals surface area (Å²) in [7, 11) is 0. The first-order chi connectivity index (χ1) is 30.3. The van der Waals surface area contributed by atoms with Gasteiger partial charge in [0.1, 0.15) is 23.0 Å². The van der Waals surface area contributed by atoms with Crippen LogP contribution in [0.1, 0.15) is 49.9 Å². The van der Waals surface area contributed by atoms with Crippen LogP contribution in [0.3, 0.4) is 0 Å². The van der Waals surface area contributed by atoms with Crippen molar-refractivity contribution in [2.24, 2.45) is 0 Å². The largest absolute Gasteiger partial charge is 0.457 e. The molecule has 11 aromatic rings. The summed E-state index contributed by atoms with van der Waals surface area (Å²) < 4.78 is 13.4. The highest BCUT2D eigenvalue weighted by Crippen LogP contribution is 2.55. The Hall–Kier alpha value is -7.42.